The van der Waals surface area contributed by atoms with Crippen LogP contribution >= 0.6 is 27.7 Å². The molecule has 0 atom stereocenters. The highest BCUT2D eigenvalue weighted by Gasteiger charge is 2.04. The quantitative estimate of drug-likeness (QED) is 0.657. The SMILES string of the molecule is NC(=O)COc1ccc(CNC(=O)CSc2ccc(Br)cc2)cc1. The maximum Gasteiger partial charge on any atom is 0.255 e. The van der Waals surface area contributed by atoms with Crippen LogP contribution in [0, 0.1) is 0 Å². The van der Waals surface area contributed by atoms with Crippen LogP contribution in [-0.2, 0) is 16.1 Å². The van der Waals surface area contributed by atoms with Crippen LogP contribution in [-0.4, -0.2) is 24.2 Å². The van der Waals surface area contributed by atoms with Crippen molar-refractivity contribution < 1.29 is 14.3 Å². The van der Waals surface area contributed by atoms with Gasteiger partial charge in [0.2, 0.25) is 5.91 Å². The molecule has 2 amide bonds. The summed E-state index contributed by atoms with van der Waals surface area (Å²) in [6, 6.07) is 15.0. The third kappa shape index (κ3) is 6.64. The van der Waals surface area contributed by atoms with Crippen molar-refractivity contribution in [2.24, 2.45) is 5.73 Å². The first kappa shape index (κ1) is 18.4. The molecule has 0 aliphatic carbocycles. The Hall–Kier alpha value is -1.99. The number of nitrogens with one attached hydrogen (secondary N) is 1. The molecule has 0 radical (unpaired) electrons. The van der Waals surface area contributed by atoms with Gasteiger partial charge in [0.1, 0.15) is 5.75 Å². The maximum absolute atomic E-state index is 11.9. The van der Waals surface area contributed by atoms with Crippen LogP contribution in [0.1, 0.15) is 5.56 Å². The summed E-state index contributed by atoms with van der Waals surface area (Å²) in [6.45, 7) is 0.291. The molecule has 126 valence electrons. The summed E-state index contributed by atoms with van der Waals surface area (Å²) in [6.07, 6.45) is 0. The van der Waals surface area contributed by atoms with Gasteiger partial charge in [-0.15, -0.1) is 11.8 Å². The van der Waals surface area contributed by atoms with Crippen molar-refractivity contribution in [3.8, 4) is 5.75 Å². The Morgan fingerprint density at radius 3 is 2.38 bits per heavy atom. The number of rotatable bonds is 8. The molecule has 0 saturated carbocycles. The van der Waals surface area contributed by atoms with E-state index < -0.39 is 5.91 Å². The monoisotopic (exact) mass is 408 g/mol. The van der Waals surface area contributed by atoms with Crippen molar-refractivity contribution >= 4 is 39.5 Å². The largest absolute Gasteiger partial charge is 0.484 e. The Morgan fingerprint density at radius 1 is 1.08 bits per heavy atom. The van der Waals surface area contributed by atoms with E-state index in [-0.39, 0.29) is 12.5 Å². The number of carbonyl (C=O) groups excluding carboxylic acids is 2. The zero-order chi connectivity index (χ0) is 17.4. The van der Waals surface area contributed by atoms with Gasteiger partial charge in [-0.3, -0.25) is 9.59 Å². The average molecular weight is 409 g/mol. The molecule has 2 aromatic rings. The molecule has 0 bridgehead atoms. The summed E-state index contributed by atoms with van der Waals surface area (Å²) in [5.41, 5.74) is 5.96. The second-order valence-electron chi connectivity index (χ2n) is 4.92. The normalized spacial score (nSPS) is 10.2. The van der Waals surface area contributed by atoms with Gasteiger partial charge in [0.05, 0.1) is 5.75 Å². The van der Waals surface area contributed by atoms with Gasteiger partial charge in [0.25, 0.3) is 5.91 Å². The number of thioether (sulfide) groups is 1. The lowest BCUT2D eigenvalue weighted by molar-refractivity contribution is -0.120. The number of benzene rings is 2. The molecular weight excluding hydrogens is 392 g/mol. The van der Waals surface area contributed by atoms with Crippen LogP contribution in [0.3, 0.4) is 0 Å². The minimum atomic E-state index is -0.519. The lowest BCUT2D eigenvalue weighted by Gasteiger charge is -2.07. The van der Waals surface area contributed by atoms with Gasteiger partial charge < -0.3 is 15.8 Å². The van der Waals surface area contributed by atoms with Gasteiger partial charge in [-0.2, -0.15) is 0 Å². The Kier molecular flexibility index (Phi) is 7.14. The van der Waals surface area contributed by atoms with Gasteiger partial charge in [-0.1, -0.05) is 28.1 Å². The topological polar surface area (TPSA) is 81.4 Å². The second kappa shape index (κ2) is 9.34. The molecule has 0 heterocycles. The third-order valence-corrected chi connectivity index (χ3v) is 4.52. The molecule has 7 heteroatoms. The van der Waals surface area contributed by atoms with Crippen molar-refractivity contribution in [1.29, 1.82) is 0 Å². The predicted octanol–water partition coefficient (Wildman–Crippen LogP) is 2.72. The summed E-state index contributed by atoms with van der Waals surface area (Å²) in [7, 11) is 0. The smallest absolute Gasteiger partial charge is 0.255 e. The van der Waals surface area contributed by atoms with Gasteiger partial charge in [-0.25, -0.2) is 0 Å². The van der Waals surface area contributed by atoms with Gasteiger partial charge >= 0.3 is 0 Å². The Morgan fingerprint density at radius 2 is 1.75 bits per heavy atom. The zero-order valence-electron chi connectivity index (χ0n) is 12.8. The summed E-state index contributed by atoms with van der Waals surface area (Å²) >= 11 is 4.87. The summed E-state index contributed by atoms with van der Waals surface area (Å²) < 4.78 is 6.19. The average Bonchev–Trinajstić information content (AvgIpc) is 2.58. The van der Waals surface area contributed by atoms with E-state index in [2.05, 4.69) is 21.2 Å². The Bertz CT molecular complexity index is 690. The fourth-order valence-electron chi connectivity index (χ4n) is 1.79. The molecule has 0 fully saturated rings. The molecule has 5 nitrogen and oxygen atoms in total. The van der Waals surface area contributed by atoms with Gasteiger partial charge in [0.15, 0.2) is 6.61 Å². The fraction of sp³-hybridized carbons (Fsp3) is 0.176. The molecular formula is C17H17BrN2O3S. The molecule has 2 rings (SSSR count). The lowest BCUT2D eigenvalue weighted by Crippen LogP contribution is -2.24. The first-order chi connectivity index (χ1) is 11.5. The van der Waals surface area contributed by atoms with Crippen molar-refractivity contribution in [1.82, 2.24) is 5.32 Å². The van der Waals surface area contributed by atoms with Crippen molar-refractivity contribution in [2.75, 3.05) is 12.4 Å². The minimum Gasteiger partial charge on any atom is -0.484 e. The van der Waals surface area contributed by atoms with E-state index >= 15 is 0 Å². The molecule has 0 aliphatic heterocycles. The predicted molar refractivity (Wildman–Crippen MR) is 97.8 cm³/mol. The summed E-state index contributed by atoms with van der Waals surface area (Å²) in [5.74, 6) is 0.378. The van der Waals surface area contributed by atoms with Crippen LogP contribution in [0.4, 0.5) is 0 Å². The number of primary amides is 1. The number of ether oxygens (including phenoxy) is 1. The molecule has 24 heavy (non-hydrogen) atoms. The fourth-order valence-corrected chi connectivity index (χ4v) is 2.78. The minimum absolute atomic E-state index is 0.0306. The maximum atomic E-state index is 11.9. The number of amides is 2. The highest BCUT2D eigenvalue weighted by atomic mass is 79.9. The van der Waals surface area contributed by atoms with E-state index in [1.165, 1.54) is 11.8 Å². The highest BCUT2D eigenvalue weighted by Crippen LogP contribution is 2.20. The molecule has 2 aromatic carbocycles. The van der Waals surface area contributed by atoms with E-state index in [1.807, 2.05) is 36.4 Å². The van der Waals surface area contributed by atoms with Crippen molar-refractivity contribution in [3.05, 3.63) is 58.6 Å². The Balaban J connectivity index is 1.73. The second-order valence-corrected chi connectivity index (χ2v) is 6.88. The van der Waals surface area contributed by atoms with E-state index in [0.717, 1.165) is 14.9 Å². The standard InChI is InChI=1S/C17H17BrN2O3S/c18-13-3-7-15(8-4-13)24-11-17(22)20-9-12-1-5-14(6-2-12)23-10-16(19)21/h1-8H,9-11H2,(H2,19,21)(H,20,22). The zero-order valence-corrected chi connectivity index (χ0v) is 15.2. The number of nitrogens with two attached hydrogens (primary N) is 1. The van der Waals surface area contributed by atoms with Crippen LogP contribution in [0.15, 0.2) is 57.9 Å². The number of halogens is 1. The van der Waals surface area contributed by atoms with Gasteiger partial charge in [-0.05, 0) is 42.0 Å². The van der Waals surface area contributed by atoms with Gasteiger partial charge in [0, 0.05) is 15.9 Å². The molecule has 3 N–H and O–H groups in total. The number of hydrogen-bond donors (Lipinski definition) is 2. The van der Waals surface area contributed by atoms with E-state index in [1.54, 1.807) is 12.1 Å². The summed E-state index contributed by atoms with van der Waals surface area (Å²) in [4.78, 5) is 23.6. The van der Waals surface area contributed by atoms with Crippen LogP contribution < -0.4 is 15.8 Å². The molecule has 0 saturated heterocycles. The van der Waals surface area contributed by atoms with E-state index in [9.17, 15) is 9.59 Å². The third-order valence-electron chi connectivity index (χ3n) is 2.98. The van der Waals surface area contributed by atoms with Crippen LogP contribution in [0.2, 0.25) is 0 Å². The van der Waals surface area contributed by atoms with Crippen molar-refractivity contribution in [3.63, 3.8) is 0 Å². The molecule has 0 spiro atoms. The van der Waals surface area contributed by atoms with Crippen LogP contribution in [0.5, 0.6) is 5.75 Å². The number of hydrogen-bond acceptors (Lipinski definition) is 4. The highest BCUT2D eigenvalue weighted by molar-refractivity contribution is 9.10. The first-order valence-corrected chi connectivity index (χ1v) is 8.96. The van der Waals surface area contributed by atoms with Crippen molar-refractivity contribution in [2.45, 2.75) is 11.4 Å². The molecule has 0 aliphatic rings. The van der Waals surface area contributed by atoms with E-state index in [4.69, 9.17) is 10.5 Å². The summed E-state index contributed by atoms with van der Waals surface area (Å²) in [5, 5.41) is 2.87. The lowest BCUT2D eigenvalue weighted by atomic mass is 10.2. The first-order valence-electron chi connectivity index (χ1n) is 7.18. The van der Waals surface area contributed by atoms with Crippen LogP contribution in [0.25, 0.3) is 0 Å². The molecule has 0 aromatic heterocycles. The Labute approximate surface area is 153 Å². The van der Waals surface area contributed by atoms with E-state index in [0.29, 0.717) is 18.0 Å². The number of carbonyl (C=O) groups is 2. The molecule has 0 unspecified atom stereocenters.